The van der Waals surface area contributed by atoms with Crippen molar-refractivity contribution in [3.63, 3.8) is 0 Å². The average Bonchev–Trinajstić information content (AvgIpc) is 2.25. The molecule has 1 aromatic rings. The molecular weight excluding hydrogens is 266 g/mol. The van der Waals surface area contributed by atoms with E-state index in [2.05, 4.69) is 48.8 Å². The highest BCUT2D eigenvalue weighted by Crippen LogP contribution is 2.23. The lowest BCUT2D eigenvalue weighted by Crippen LogP contribution is -2.24. The van der Waals surface area contributed by atoms with Gasteiger partial charge >= 0.3 is 0 Å². The molecule has 0 aliphatic carbocycles. The van der Waals surface area contributed by atoms with Crippen LogP contribution in [0.3, 0.4) is 0 Å². The zero-order valence-electron chi connectivity index (χ0n) is 10.1. The van der Waals surface area contributed by atoms with Crippen molar-refractivity contribution in [2.45, 2.75) is 33.0 Å². The Kier molecular flexibility index (Phi) is 5.46. The van der Waals surface area contributed by atoms with Gasteiger partial charge in [-0.05, 0) is 30.5 Å². The first-order valence-corrected chi connectivity index (χ1v) is 6.45. The molecule has 1 rings (SSSR count). The first-order valence-electron chi connectivity index (χ1n) is 5.65. The van der Waals surface area contributed by atoms with E-state index in [0.29, 0.717) is 12.5 Å². The summed E-state index contributed by atoms with van der Waals surface area (Å²) in [4.78, 5) is 0. The third-order valence-electron chi connectivity index (χ3n) is 2.75. The van der Waals surface area contributed by atoms with Crippen molar-refractivity contribution in [1.82, 2.24) is 0 Å². The molecule has 2 unspecified atom stereocenters. The molecule has 0 radical (unpaired) electrons. The summed E-state index contributed by atoms with van der Waals surface area (Å²) in [5.74, 6) is 0.501. The van der Waals surface area contributed by atoms with Crippen LogP contribution in [0.25, 0.3) is 0 Å². The topological polar surface area (TPSA) is 35.2 Å². The van der Waals surface area contributed by atoms with Crippen LogP contribution in [0.2, 0.25) is 0 Å². The number of ether oxygens (including phenoxy) is 1. The maximum absolute atomic E-state index is 5.96. The van der Waals surface area contributed by atoms with Gasteiger partial charge in [-0.25, -0.2) is 0 Å². The molecule has 0 bridgehead atoms. The summed E-state index contributed by atoms with van der Waals surface area (Å²) >= 11 is 3.46. The minimum atomic E-state index is -0.0186. The summed E-state index contributed by atoms with van der Waals surface area (Å²) in [7, 11) is 0. The van der Waals surface area contributed by atoms with Crippen molar-refractivity contribution in [3.8, 4) is 0 Å². The van der Waals surface area contributed by atoms with Gasteiger partial charge in [-0.2, -0.15) is 0 Å². The predicted molar refractivity (Wildman–Crippen MR) is 71.3 cm³/mol. The summed E-state index contributed by atoms with van der Waals surface area (Å²) in [5, 5.41) is 0. The fourth-order valence-electron chi connectivity index (χ4n) is 1.39. The van der Waals surface area contributed by atoms with Crippen LogP contribution in [0.1, 0.15) is 32.4 Å². The summed E-state index contributed by atoms with van der Waals surface area (Å²) in [6.07, 6.45) is 0.197. The van der Waals surface area contributed by atoms with Gasteiger partial charge in [0, 0.05) is 11.0 Å². The summed E-state index contributed by atoms with van der Waals surface area (Å²) < 4.78 is 7.02. The number of hydrogen-bond donors (Lipinski definition) is 1. The second-order valence-electron chi connectivity index (χ2n) is 4.36. The van der Waals surface area contributed by atoms with Gasteiger partial charge in [0.05, 0.1) is 12.2 Å². The van der Waals surface area contributed by atoms with Crippen LogP contribution in [0, 0.1) is 5.92 Å². The molecule has 0 saturated heterocycles. The molecule has 0 aliphatic heterocycles. The smallest absolute Gasteiger partial charge is 0.0951 e. The van der Waals surface area contributed by atoms with Crippen molar-refractivity contribution < 1.29 is 4.74 Å². The Morgan fingerprint density at radius 3 is 2.50 bits per heavy atom. The first-order chi connectivity index (χ1) is 7.54. The Hall–Kier alpha value is -0.380. The zero-order valence-corrected chi connectivity index (χ0v) is 11.7. The van der Waals surface area contributed by atoms with E-state index < -0.39 is 0 Å². The second kappa shape index (κ2) is 6.38. The van der Waals surface area contributed by atoms with Crippen LogP contribution < -0.4 is 5.73 Å². The molecule has 0 amide bonds. The van der Waals surface area contributed by atoms with Gasteiger partial charge in [0.15, 0.2) is 0 Å². The van der Waals surface area contributed by atoms with Gasteiger partial charge < -0.3 is 10.5 Å². The lowest BCUT2D eigenvalue weighted by atomic mass is 10.1. The average molecular weight is 286 g/mol. The molecule has 2 atom stereocenters. The Balaban J connectivity index is 2.74. The zero-order chi connectivity index (χ0) is 12.1. The highest BCUT2D eigenvalue weighted by Gasteiger charge is 2.16. The number of benzene rings is 1. The first kappa shape index (κ1) is 13.7. The maximum Gasteiger partial charge on any atom is 0.0951 e. The van der Waals surface area contributed by atoms with Gasteiger partial charge in [-0.15, -0.1) is 0 Å². The van der Waals surface area contributed by atoms with Crippen molar-refractivity contribution >= 4 is 15.9 Å². The van der Waals surface area contributed by atoms with E-state index >= 15 is 0 Å². The molecule has 0 heterocycles. The quantitative estimate of drug-likeness (QED) is 0.899. The van der Waals surface area contributed by atoms with Crippen LogP contribution in [0.4, 0.5) is 0 Å². The fraction of sp³-hybridized carbons (Fsp3) is 0.538. The van der Waals surface area contributed by atoms with E-state index in [0.717, 1.165) is 10.0 Å². The van der Waals surface area contributed by atoms with E-state index in [1.807, 2.05) is 12.1 Å². The maximum atomic E-state index is 5.96. The largest absolute Gasteiger partial charge is 0.369 e. The summed E-state index contributed by atoms with van der Waals surface area (Å²) in [6.45, 7) is 6.90. The number of rotatable bonds is 5. The minimum absolute atomic E-state index is 0.0186. The summed E-state index contributed by atoms with van der Waals surface area (Å²) in [6, 6.07) is 8.12. The minimum Gasteiger partial charge on any atom is -0.369 e. The van der Waals surface area contributed by atoms with E-state index in [-0.39, 0.29) is 12.2 Å². The van der Waals surface area contributed by atoms with Gasteiger partial charge in [0.25, 0.3) is 0 Å². The number of nitrogens with two attached hydrogens (primary N) is 1. The predicted octanol–water partition coefficient (Wildman–Crippen LogP) is 3.51. The van der Waals surface area contributed by atoms with Gasteiger partial charge in [0.1, 0.15) is 0 Å². The lowest BCUT2D eigenvalue weighted by Gasteiger charge is -2.24. The van der Waals surface area contributed by atoms with Crippen LogP contribution in [0.5, 0.6) is 0 Å². The summed E-state index contributed by atoms with van der Waals surface area (Å²) in [5.41, 5.74) is 6.89. The van der Waals surface area contributed by atoms with E-state index in [1.54, 1.807) is 0 Å². The van der Waals surface area contributed by atoms with Crippen molar-refractivity contribution in [3.05, 3.63) is 34.3 Å². The van der Waals surface area contributed by atoms with E-state index in [1.165, 1.54) is 0 Å². The van der Waals surface area contributed by atoms with Gasteiger partial charge in [-0.1, -0.05) is 41.9 Å². The van der Waals surface area contributed by atoms with E-state index in [9.17, 15) is 0 Å². The molecule has 2 N–H and O–H groups in total. The Bertz CT molecular complexity index is 327. The van der Waals surface area contributed by atoms with Crippen LogP contribution in [-0.2, 0) is 4.74 Å². The van der Waals surface area contributed by atoms with Crippen LogP contribution >= 0.6 is 15.9 Å². The monoisotopic (exact) mass is 285 g/mol. The van der Waals surface area contributed by atoms with Crippen molar-refractivity contribution in [2.75, 3.05) is 6.54 Å². The number of halogens is 1. The molecule has 0 aliphatic rings. The van der Waals surface area contributed by atoms with E-state index in [4.69, 9.17) is 10.5 Å². The molecule has 0 aromatic heterocycles. The fourth-order valence-corrected chi connectivity index (χ4v) is 1.81. The Morgan fingerprint density at radius 1 is 1.31 bits per heavy atom. The molecule has 90 valence electrons. The van der Waals surface area contributed by atoms with Crippen LogP contribution in [0.15, 0.2) is 28.7 Å². The van der Waals surface area contributed by atoms with Gasteiger partial charge in [0.2, 0.25) is 0 Å². The molecule has 16 heavy (non-hydrogen) atoms. The molecule has 0 fully saturated rings. The van der Waals surface area contributed by atoms with Gasteiger partial charge in [-0.3, -0.25) is 0 Å². The molecule has 3 heteroatoms. The van der Waals surface area contributed by atoms with Crippen molar-refractivity contribution in [2.24, 2.45) is 11.7 Å². The molecule has 1 aromatic carbocycles. The van der Waals surface area contributed by atoms with Crippen molar-refractivity contribution in [1.29, 1.82) is 0 Å². The Morgan fingerprint density at radius 2 is 2.00 bits per heavy atom. The third-order valence-corrected chi connectivity index (χ3v) is 3.25. The lowest BCUT2D eigenvalue weighted by molar-refractivity contribution is -0.0221. The second-order valence-corrected chi connectivity index (χ2v) is 5.28. The molecule has 0 spiro atoms. The molecule has 0 saturated carbocycles. The molecular formula is C13H20BrNO. The Labute approximate surface area is 106 Å². The third kappa shape index (κ3) is 3.89. The van der Waals surface area contributed by atoms with Crippen LogP contribution in [-0.4, -0.2) is 12.6 Å². The SMILES string of the molecule is CC(C)C(C)OC(CN)c1cccc(Br)c1. The standard InChI is InChI=1S/C13H20BrNO/c1-9(2)10(3)16-13(8-15)11-5-4-6-12(14)7-11/h4-7,9-10,13H,8,15H2,1-3H3. The molecule has 2 nitrogen and oxygen atoms in total. The highest BCUT2D eigenvalue weighted by molar-refractivity contribution is 9.10. The highest BCUT2D eigenvalue weighted by atomic mass is 79.9. The normalized spacial score (nSPS) is 15.1. The number of hydrogen-bond acceptors (Lipinski definition) is 2.